The molecule has 0 aliphatic carbocycles. The van der Waals surface area contributed by atoms with Gasteiger partial charge in [-0.2, -0.15) is 5.10 Å². The summed E-state index contributed by atoms with van der Waals surface area (Å²) < 4.78 is 25.3. The molecule has 20 heavy (non-hydrogen) atoms. The van der Waals surface area contributed by atoms with Gasteiger partial charge in [-0.05, 0) is 18.2 Å². The number of carbonyl (C=O) groups excluding carboxylic acids is 2. The molecule has 0 saturated carbocycles. The fourth-order valence-electron chi connectivity index (χ4n) is 1.78. The van der Waals surface area contributed by atoms with Crippen molar-refractivity contribution in [3.05, 3.63) is 35.7 Å². The van der Waals surface area contributed by atoms with E-state index in [9.17, 15) is 18.4 Å². The van der Waals surface area contributed by atoms with Crippen LogP contribution in [0, 0.1) is 0 Å². The van der Waals surface area contributed by atoms with Gasteiger partial charge in [0.2, 0.25) is 5.91 Å². The molecule has 0 fully saturated rings. The van der Waals surface area contributed by atoms with Crippen molar-refractivity contribution in [1.82, 2.24) is 14.9 Å². The van der Waals surface area contributed by atoms with Crippen LogP contribution in [0.3, 0.4) is 0 Å². The van der Waals surface area contributed by atoms with Crippen LogP contribution in [-0.2, 0) is 11.2 Å². The van der Waals surface area contributed by atoms with E-state index in [1.54, 1.807) is 18.3 Å². The quantitative estimate of drug-likeness (QED) is 0.829. The number of nitrogens with one attached hydrogen (secondary N) is 1. The van der Waals surface area contributed by atoms with Gasteiger partial charge in [0, 0.05) is 6.20 Å². The zero-order valence-electron chi connectivity index (χ0n) is 10.3. The van der Waals surface area contributed by atoms with Crippen LogP contribution >= 0.6 is 0 Å². The minimum Gasteiger partial charge on any atom is -0.366 e. The molecule has 2 amide bonds. The van der Waals surface area contributed by atoms with Gasteiger partial charge in [-0.15, -0.1) is 0 Å². The highest BCUT2D eigenvalue weighted by Crippen LogP contribution is 2.12. The number of pyridine rings is 1. The lowest BCUT2D eigenvalue weighted by atomic mass is 10.2. The highest BCUT2D eigenvalue weighted by atomic mass is 19.3. The molecule has 0 unspecified atom stereocenters. The molecule has 0 aliphatic rings. The number of nitrogens with zero attached hydrogens (tertiary/aromatic N) is 2. The van der Waals surface area contributed by atoms with Crippen molar-refractivity contribution in [2.45, 2.75) is 12.8 Å². The molecule has 0 aliphatic heterocycles. The third kappa shape index (κ3) is 3.08. The maximum atomic E-state index is 12.0. The standard InChI is InChI=1S/C12H12F2N4O2/c13-10(14)6-16-11(19)5-7-4-9-8(12(15)20)2-1-3-18(9)17-7/h1-4,10H,5-6H2,(H2,15,20)(H,16,19). The molecule has 0 aromatic carbocycles. The Labute approximate surface area is 112 Å². The number of alkyl halides is 2. The van der Waals surface area contributed by atoms with Crippen molar-refractivity contribution in [2.75, 3.05) is 6.54 Å². The van der Waals surface area contributed by atoms with E-state index in [-0.39, 0.29) is 12.0 Å². The Morgan fingerprint density at radius 1 is 1.45 bits per heavy atom. The highest BCUT2D eigenvalue weighted by Gasteiger charge is 2.13. The molecule has 0 spiro atoms. The first-order chi connectivity index (χ1) is 9.47. The number of fused-ring (bicyclic) bond motifs is 1. The van der Waals surface area contributed by atoms with Gasteiger partial charge in [-0.1, -0.05) is 0 Å². The average molecular weight is 282 g/mol. The van der Waals surface area contributed by atoms with E-state index in [2.05, 4.69) is 10.4 Å². The van der Waals surface area contributed by atoms with Crippen LogP contribution in [0.2, 0.25) is 0 Å². The Kier molecular flexibility index (Phi) is 3.92. The minimum atomic E-state index is -2.60. The summed E-state index contributed by atoms with van der Waals surface area (Å²) in [4.78, 5) is 22.7. The molecule has 0 atom stereocenters. The molecule has 0 saturated heterocycles. The summed E-state index contributed by atoms with van der Waals surface area (Å²) >= 11 is 0. The molecule has 2 aromatic heterocycles. The van der Waals surface area contributed by atoms with E-state index in [4.69, 9.17) is 5.73 Å². The van der Waals surface area contributed by atoms with Gasteiger partial charge in [0.1, 0.15) is 0 Å². The third-order valence-electron chi connectivity index (χ3n) is 2.61. The number of hydrogen-bond donors (Lipinski definition) is 2. The van der Waals surface area contributed by atoms with E-state index < -0.39 is 24.8 Å². The van der Waals surface area contributed by atoms with Crippen LogP contribution in [0.15, 0.2) is 24.4 Å². The van der Waals surface area contributed by atoms with E-state index in [0.717, 1.165) is 0 Å². The molecule has 2 heterocycles. The summed E-state index contributed by atoms with van der Waals surface area (Å²) in [7, 11) is 0. The number of primary amides is 1. The molecule has 2 aromatic rings. The summed E-state index contributed by atoms with van der Waals surface area (Å²) in [6.07, 6.45) is -1.14. The summed E-state index contributed by atoms with van der Waals surface area (Å²) in [6.45, 7) is -0.696. The van der Waals surface area contributed by atoms with Gasteiger partial charge < -0.3 is 11.1 Å². The van der Waals surface area contributed by atoms with Crippen LogP contribution in [0.4, 0.5) is 8.78 Å². The number of nitrogens with two attached hydrogens (primary N) is 1. The molecular formula is C12H12F2N4O2. The highest BCUT2D eigenvalue weighted by molar-refractivity contribution is 5.99. The van der Waals surface area contributed by atoms with Crippen LogP contribution in [0.25, 0.3) is 5.52 Å². The topological polar surface area (TPSA) is 89.5 Å². The molecule has 3 N–H and O–H groups in total. The Morgan fingerprint density at radius 3 is 2.85 bits per heavy atom. The van der Waals surface area contributed by atoms with Crippen LogP contribution in [-0.4, -0.2) is 34.4 Å². The molecule has 8 heteroatoms. The Bertz CT molecular complexity index is 654. The number of amides is 2. The number of hydrogen-bond acceptors (Lipinski definition) is 3. The predicted octanol–water partition coefficient (Wildman–Crippen LogP) is 0.357. The first kappa shape index (κ1) is 13.9. The Morgan fingerprint density at radius 2 is 2.20 bits per heavy atom. The number of carbonyl (C=O) groups is 2. The second-order valence-corrected chi connectivity index (χ2v) is 4.12. The molecule has 6 nitrogen and oxygen atoms in total. The van der Waals surface area contributed by atoms with Crippen molar-refractivity contribution in [1.29, 1.82) is 0 Å². The number of rotatable bonds is 5. The molecule has 0 bridgehead atoms. The van der Waals surface area contributed by atoms with Gasteiger partial charge in [0.05, 0.1) is 29.7 Å². The number of halogens is 2. The van der Waals surface area contributed by atoms with Gasteiger partial charge >= 0.3 is 0 Å². The lowest BCUT2D eigenvalue weighted by molar-refractivity contribution is -0.121. The van der Waals surface area contributed by atoms with Gasteiger partial charge in [-0.3, -0.25) is 9.59 Å². The Balaban J connectivity index is 2.18. The average Bonchev–Trinajstić information content (AvgIpc) is 2.77. The zero-order valence-corrected chi connectivity index (χ0v) is 10.3. The summed E-state index contributed by atoms with van der Waals surface area (Å²) in [5, 5.41) is 6.17. The van der Waals surface area contributed by atoms with E-state index in [1.807, 2.05) is 0 Å². The minimum absolute atomic E-state index is 0.146. The normalized spacial score (nSPS) is 10.9. The van der Waals surface area contributed by atoms with E-state index in [1.165, 1.54) is 10.6 Å². The fraction of sp³-hybridized carbons (Fsp3) is 0.250. The monoisotopic (exact) mass is 282 g/mol. The SMILES string of the molecule is NC(=O)c1cccn2nc(CC(=O)NCC(F)F)cc12. The second-order valence-electron chi connectivity index (χ2n) is 4.12. The molecule has 2 rings (SSSR count). The largest absolute Gasteiger partial charge is 0.366 e. The molecular weight excluding hydrogens is 270 g/mol. The fourth-order valence-corrected chi connectivity index (χ4v) is 1.78. The van der Waals surface area contributed by atoms with Gasteiger partial charge in [0.25, 0.3) is 12.3 Å². The molecule has 0 radical (unpaired) electrons. The smallest absolute Gasteiger partial charge is 0.255 e. The van der Waals surface area contributed by atoms with E-state index >= 15 is 0 Å². The zero-order chi connectivity index (χ0) is 14.7. The summed E-state index contributed by atoms with van der Waals surface area (Å²) in [5.74, 6) is -1.17. The van der Waals surface area contributed by atoms with E-state index in [0.29, 0.717) is 11.2 Å². The van der Waals surface area contributed by atoms with Crippen LogP contribution < -0.4 is 11.1 Å². The van der Waals surface area contributed by atoms with Crippen molar-refractivity contribution >= 4 is 17.3 Å². The van der Waals surface area contributed by atoms with Crippen molar-refractivity contribution in [3.63, 3.8) is 0 Å². The second kappa shape index (κ2) is 5.64. The van der Waals surface area contributed by atoms with Crippen LogP contribution in [0.1, 0.15) is 16.1 Å². The summed E-state index contributed by atoms with van der Waals surface area (Å²) in [6, 6.07) is 4.67. The van der Waals surface area contributed by atoms with Crippen molar-refractivity contribution in [3.8, 4) is 0 Å². The molecule has 106 valence electrons. The third-order valence-corrected chi connectivity index (χ3v) is 2.61. The van der Waals surface area contributed by atoms with Crippen LogP contribution in [0.5, 0.6) is 0 Å². The predicted molar refractivity (Wildman–Crippen MR) is 66.4 cm³/mol. The Hall–Kier alpha value is -2.51. The van der Waals surface area contributed by atoms with Gasteiger partial charge in [-0.25, -0.2) is 13.3 Å². The maximum absolute atomic E-state index is 12.0. The maximum Gasteiger partial charge on any atom is 0.255 e. The van der Waals surface area contributed by atoms with Crippen molar-refractivity contribution < 1.29 is 18.4 Å². The lowest BCUT2D eigenvalue weighted by Gasteiger charge is -2.01. The van der Waals surface area contributed by atoms with Crippen molar-refractivity contribution in [2.24, 2.45) is 5.73 Å². The lowest BCUT2D eigenvalue weighted by Crippen LogP contribution is -2.29. The van der Waals surface area contributed by atoms with Gasteiger partial charge in [0.15, 0.2) is 0 Å². The number of aromatic nitrogens is 2. The first-order valence-corrected chi connectivity index (χ1v) is 5.79. The summed E-state index contributed by atoms with van der Waals surface area (Å²) in [5.41, 5.74) is 6.34. The first-order valence-electron chi connectivity index (χ1n) is 5.79.